The van der Waals surface area contributed by atoms with Crippen LogP contribution >= 0.6 is 0 Å². The van der Waals surface area contributed by atoms with Gasteiger partial charge in [0.15, 0.2) is 0 Å². The third-order valence-electron chi connectivity index (χ3n) is 3.26. The lowest BCUT2D eigenvalue weighted by Gasteiger charge is -2.22. The maximum absolute atomic E-state index is 12.6. The Bertz CT molecular complexity index is 594. The van der Waals surface area contributed by atoms with Crippen molar-refractivity contribution in [3.05, 3.63) is 47.0 Å². The van der Waals surface area contributed by atoms with Crippen LogP contribution in [0.15, 0.2) is 41.5 Å². The van der Waals surface area contributed by atoms with Crippen LogP contribution in [0.1, 0.15) is 65.9 Å². The molecule has 23 heavy (non-hydrogen) atoms. The molecule has 124 valence electrons. The van der Waals surface area contributed by atoms with Crippen LogP contribution in [0.5, 0.6) is 0 Å². The Kier molecular flexibility index (Phi) is 7.62. The molecule has 0 bridgehead atoms. The van der Waals surface area contributed by atoms with Crippen molar-refractivity contribution >= 4 is 5.91 Å². The van der Waals surface area contributed by atoms with Gasteiger partial charge in [-0.2, -0.15) is 0 Å². The first-order valence-corrected chi connectivity index (χ1v) is 8.49. The molecule has 1 N–H and O–H groups in total. The molecule has 0 aliphatic rings. The summed E-state index contributed by atoms with van der Waals surface area (Å²) in [6, 6.07) is 9.92. The van der Waals surface area contributed by atoms with Gasteiger partial charge in [-0.1, -0.05) is 56.7 Å². The fourth-order valence-corrected chi connectivity index (χ4v) is 2.28. The number of nitrogens with one attached hydrogen (secondary N) is 1. The monoisotopic (exact) mass is 311 g/mol. The van der Waals surface area contributed by atoms with E-state index >= 15 is 0 Å². The summed E-state index contributed by atoms with van der Waals surface area (Å²) < 4.78 is 0. The Hall–Kier alpha value is -2.01. The Morgan fingerprint density at radius 1 is 1.04 bits per heavy atom. The van der Waals surface area contributed by atoms with E-state index in [9.17, 15) is 4.79 Å². The highest BCUT2D eigenvalue weighted by Gasteiger charge is 2.19. The number of amides is 1. The van der Waals surface area contributed by atoms with Crippen LogP contribution in [0, 0.1) is 11.8 Å². The molecule has 0 aliphatic heterocycles. The van der Waals surface area contributed by atoms with Crippen LogP contribution in [0.25, 0.3) is 0 Å². The highest BCUT2D eigenvalue weighted by Crippen LogP contribution is 2.17. The van der Waals surface area contributed by atoms with Gasteiger partial charge in [0.05, 0.1) is 0 Å². The quantitative estimate of drug-likeness (QED) is 0.611. The van der Waals surface area contributed by atoms with Crippen molar-refractivity contribution in [2.24, 2.45) is 0 Å². The van der Waals surface area contributed by atoms with E-state index < -0.39 is 0 Å². The molecule has 0 aromatic heterocycles. The standard InChI is InChI=1S/C21H29NO/c1-6-11-18(16-15-17-13-9-8-10-14-17)19(12-7-2)20(23)22-21(3,4)5/h8-10,13-14H,6-7,11-12H2,1-5H3,(H,22,23)/b19-18-. The fourth-order valence-electron chi connectivity index (χ4n) is 2.28. The van der Waals surface area contributed by atoms with Gasteiger partial charge in [-0.3, -0.25) is 4.79 Å². The second kappa shape index (κ2) is 9.20. The maximum atomic E-state index is 12.6. The number of carbonyl (C=O) groups is 1. The summed E-state index contributed by atoms with van der Waals surface area (Å²) in [7, 11) is 0. The predicted molar refractivity (Wildman–Crippen MR) is 98.1 cm³/mol. The topological polar surface area (TPSA) is 29.1 Å². The zero-order chi connectivity index (χ0) is 17.3. The zero-order valence-corrected chi connectivity index (χ0v) is 15.1. The van der Waals surface area contributed by atoms with Gasteiger partial charge in [0, 0.05) is 22.2 Å². The summed E-state index contributed by atoms with van der Waals surface area (Å²) in [5.74, 6) is 6.47. The third kappa shape index (κ3) is 7.19. The molecule has 0 unspecified atom stereocenters. The van der Waals surface area contributed by atoms with Crippen LogP contribution in [-0.4, -0.2) is 11.4 Å². The van der Waals surface area contributed by atoms with E-state index in [1.165, 1.54) is 0 Å². The van der Waals surface area contributed by atoms with E-state index in [0.717, 1.165) is 42.4 Å². The van der Waals surface area contributed by atoms with Gasteiger partial charge in [-0.05, 0) is 45.7 Å². The second-order valence-corrected chi connectivity index (χ2v) is 6.78. The number of allylic oxidation sites excluding steroid dienone is 1. The lowest BCUT2D eigenvalue weighted by Crippen LogP contribution is -2.41. The van der Waals surface area contributed by atoms with E-state index in [1.54, 1.807) is 0 Å². The van der Waals surface area contributed by atoms with E-state index in [4.69, 9.17) is 0 Å². The minimum atomic E-state index is -0.236. The van der Waals surface area contributed by atoms with Crippen LogP contribution in [0.3, 0.4) is 0 Å². The van der Waals surface area contributed by atoms with Crippen molar-refractivity contribution in [2.75, 3.05) is 0 Å². The summed E-state index contributed by atoms with van der Waals surface area (Å²) in [6.45, 7) is 10.2. The molecule has 1 aromatic carbocycles. The molecule has 1 amide bonds. The van der Waals surface area contributed by atoms with Gasteiger partial charge in [0.1, 0.15) is 0 Å². The van der Waals surface area contributed by atoms with E-state index in [-0.39, 0.29) is 11.4 Å². The van der Waals surface area contributed by atoms with Crippen LogP contribution < -0.4 is 5.32 Å². The first kappa shape index (κ1) is 19.0. The van der Waals surface area contributed by atoms with Crippen LogP contribution in [0.2, 0.25) is 0 Å². The highest BCUT2D eigenvalue weighted by atomic mass is 16.1. The van der Waals surface area contributed by atoms with Crippen molar-refractivity contribution in [2.45, 2.75) is 65.8 Å². The minimum Gasteiger partial charge on any atom is -0.348 e. The number of hydrogen-bond donors (Lipinski definition) is 1. The Morgan fingerprint density at radius 3 is 2.17 bits per heavy atom. The maximum Gasteiger partial charge on any atom is 0.248 e. The van der Waals surface area contributed by atoms with Gasteiger partial charge in [-0.25, -0.2) is 0 Å². The van der Waals surface area contributed by atoms with Gasteiger partial charge in [0.25, 0.3) is 0 Å². The summed E-state index contributed by atoms with van der Waals surface area (Å²) in [4.78, 5) is 12.6. The van der Waals surface area contributed by atoms with Crippen molar-refractivity contribution in [3.8, 4) is 11.8 Å². The lowest BCUT2D eigenvalue weighted by atomic mass is 9.97. The summed E-state index contributed by atoms with van der Waals surface area (Å²) in [5.41, 5.74) is 2.56. The molecule has 0 saturated heterocycles. The van der Waals surface area contributed by atoms with Gasteiger partial charge < -0.3 is 5.32 Å². The minimum absolute atomic E-state index is 0.0187. The Balaban J connectivity index is 3.18. The molecule has 1 rings (SSSR count). The molecule has 0 atom stereocenters. The smallest absolute Gasteiger partial charge is 0.248 e. The van der Waals surface area contributed by atoms with Crippen LogP contribution in [-0.2, 0) is 4.79 Å². The molecular formula is C21H29NO. The van der Waals surface area contributed by atoms with E-state index in [1.807, 2.05) is 51.1 Å². The summed E-state index contributed by atoms with van der Waals surface area (Å²) in [5, 5.41) is 3.08. The first-order valence-electron chi connectivity index (χ1n) is 8.49. The zero-order valence-electron chi connectivity index (χ0n) is 15.1. The third-order valence-corrected chi connectivity index (χ3v) is 3.26. The molecule has 1 aromatic rings. The molecule has 2 nitrogen and oxygen atoms in total. The average Bonchev–Trinajstić information content (AvgIpc) is 2.48. The molecule has 0 fully saturated rings. The molecule has 0 saturated carbocycles. The number of hydrogen-bond acceptors (Lipinski definition) is 1. The Labute approximate surface area is 141 Å². The van der Waals surface area contributed by atoms with Crippen LogP contribution in [0.4, 0.5) is 0 Å². The van der Waals surface area contributed by atoms with Crippen molar-refractivity contribution in [1.82, 2.24) is 5.32 Å². The van der Waals surface area contributed by atoms with E-state index in [0.29, 0.717) is 0 Å². The number of carbonyl (C=O) groups excluding carboxylic acids is 1. The molecule has 0 aliphatic carbocycles. The van der Waals surface area contributed by atoms with Gasteiger partial charge in [0.2, 0.25) is 5.91 Å². The van der Waals surface area contributed by atoms with Crippen molar-refractivity contribution in [1.29, 1.82) is 0 Å². The normalized spacial score (nSPS) is 12.0. The predicted octanol–water partition coefficient (Wildman–Crippen LogP) is 4.85. The molecular weight excluding hydrogens is 282 g/mol. The largest absolute Gasteiger partial charge is 0.348 e. The first-order chi connectivity index (χ1) is 10.9. The lowest BCUT2D eigenvalue weighted by molar-refractivity contribution is -0.119. The SMILES string of the molecule is CCC/C(C#Cc1ccccc1)=C(\CCC)C(=O)NC(C)(C)C. The summed E-state index contributed by atoms with van der Waals surface area (Å²) in [6.07, 6.45) is 3.52. The summed E-state index contributed by atoms with van der Waals surface area (Å²) >= 11 is 0. The fraction of sp³-hybridized carbons (Fsp3) is 0.476. The molecule has 0 spiro atoms. The number of benzene rings is 1. The van der Waals surface area contributed by atoms with Gasteiger partial charge in [-0.15, -0.1) is 0 Å². The van der Waals surface area contributed by atoms with E-state index in [2.05, 4.69) is 31.0 Å². The van der Waals surface area contributed by atoms with Crippen molar-refractivity contribution in [3.63, 3.8) is 0 Å². The molecule has 2 heteroatoms. The molecule has 0 heterocycles. The Morgan fingerprint density at radius 2 is 1.65 bits per heavy atom. The average molecular weight is 311 g/mol. The van der Waals surface area contributed by atoms with Gasteiger partial charge >= 0.3 is 0 Å². The molecule has 0 radical (unpaired) electrons. The highest BCUT2D eigenvalue weighted by molar-refractivity contribution is 5.95. The number of rotatable bonds is 5. The second-order valence-electron chi connectivity index (χ2n) is 6.78. The van der Waals surface area contributed by atoms with Crippen molar-refractivity contribution < 1.29 is 4.79 Å².